The molecule has 1 aliphatic carbocycles. The van der Waals surface area contributed by atoms with Gasteiger partial charge in [-0.3, -0.25) is 4.98 Å². The van der Waals surface area contributed by atoms with E-state index in [2.05, 4.69) is 18.8 Å². The first-order valence-electron chi connectivity index (χ1n) is 6.23. The predicted molar refractivity (Wildman–Crippen MR) is 74.2 cm³/mol. The molecule has 3 heteroatoms. The fourth-order valence-corrected chi connectivity index (χ4v) is 2.62. The molecular formula is C15H16ClNO. The topological polar surface area (TPSA) is 22.1 Å². The number of nitrogens with zero attached hydrogens (tertiary/aromatic N) is 1. The van der Waals surface area contributed by atoms with Crippen molar-refractivity contribution in [3.05, 3.63) is 36.5 Å². The Balaban J connectivity index is 1.83. The first kappa shape index (κ1) is 11.8. The summed E-state index contributed by atoms with van der Waals surface area (Å²) in [7, 11) is 0. The molecule has 0 radical (unpaired) electrons. The minimum Gasteiger partial charge on any atom is -0.490 e. The van der Waals surface area contributed by atoms with Crippen LogP contribution in [0.4, 0.5) is 0 Å². The lowest BCUT2D eigenvalue weighted by atomic mass is 9.68. The first-order valence-corrected chi connectivity index (χ1v) is 6.66. The molecule has 94 valence electrons. The summed E-state index contributed by atoms with van der Waals surface area (Å²) in [4.78, 5) is 4.34. The van der Waals surface area contributed by atoms with Crippen molar-refractivity contribution in [2.45, 2.75) is 31.7 Å². The minimum atomic E-state index is 0.0423. The maximum absolute atomic E-state index is 6.20. The maximum atomic E-state index is 6.20. The molecule has 3 rings (SSSR count). The van der Waals surface area contributed by atoms with E-state index in [1.807, 2.05) is 30.3 Å². The molecule has 2 unspecified atom stereocenters. The molecule has 0 bridgehead atoms. The average Bonchev–Trinajstić information content (AvgIpc) is 2.38. The third kappa shape index (κ3) is 1.85. The van der Waals surface area contributed by atoms with Crippen LogP contribution in [0, 0.1) is 5.41 Å². The van der Waals surface area contributed by atoms with Gasteiger partial charge in [-0.2, -0.15) is 0 Å². The minimum absolute atomic E-state index is 0.0423. The Labute approximate surface area is 112 Å². The number of rotatable bonds is 2. The quantitative estimate of drug-likeness (QED) is 0.762. The largest absolute Gasteiger partial charge is 0.490 e. The van der Waals surface area contributed by atoms with Crippen molar-refractivity contribution in [1.82, 2.24) is 4.98 Å². The molecule has 0 aliphatic heterocycles. The van der Waals surface area contributed by atoms with Gasteiger partial charge in [0.2, 0.25) is 0 Å². The van der Waals surface area contributed by atoms with Crippen LogP contribution in [0.2, 0.25) is 0 Å². The summed E-state index contributed by atoms with van der Waals surface area (Å²) >= 11 is 6.20. The van der Waals surface area contributed by atoms with Crippen LogP contribution in [0.5, 0.6) is 5.75 Å². The van der Waals surface area contributed by atoms with E-state index < -0.39 is 0 Å². The van der Waals surface area contributed by atoms with Gasteiger partial charge in [-0.25, -0.2) is 0 Å². The van der Waals surface area contributed by atoms with E-state index in [9.17, 15) is 0 Å². The number of halogens is 1. The summed E-state index contributed by atoms with van der Waals surface area (Å²) in [6, 6.07) is 10.0. The first-order chi connectivity index (χ1) is 8.57. The summed E-state index contributed by atoms with van der Waals surface area (Å²) in [5.74, 6) is 0.878. The van der Waals surface area contributed by atoms with Crippen molar-refractivity contribution < 1.29 is 4.74 Å². The molecule has 0 amide bonds. The molecule has 1 aromatic heterocycles. The summed E-state index contributed by atoms with van der Waals surface area (Å²) < 4.78 is 6.02. The van der Waals surface area contributed by atoms with Gasteiger partial charge < -0.3 is 4.74 Å². The molecule has 2 atom stereocenters. The highest BCUT2D eigenvalue weighted by atomic mass is 35.5. The zero-order valence-electron chi connectivity index (χ0n) is 10.6. The Hall–Kier alpha value is -1.28. The molecule has 1 fully saturated rings. The zero-order valence-corrected chi connectivity index (χ0v) is 11.3. The van der Waals surface area contributed by atoms with Gasteiger partial charge in [0.15, 0.2) is 0 Å². The summed E-state index contributed by atoms with van der Waals surface area (Å²) in [5.41, 5.74) is 1.01. The van der Waals surface area contributed by atoms with Gasteiger partial charge in [-0.15, -0.1) is 11.6 Å². The van der Waals surface area contributed by atoms with E-state index in [1.54, 1.807) is 6.20 Å². The number of hydrogen-bond donors (Lipinski definition) is 0. The third-order valence-corrected chi connectivity index (χ3v) is 4.65. The predicted octanol–water partition coefficient (Wildman–Crippen LogP) is 4.02. The van der Waals surface area contributed by atoms with Crippen molar-refractivity contribution in [3.8, 4) is 5.75 Å². The Kier molecular flexibility index (Phi) is 2.70. The van der Waals surface area contributed by atoms with Crippen LogP contribution in [0.25, 0.3) is 10.9 Å². The molecule has 0 N–H and O–H groups in total. The summed E-state index contributed by atoms with van der Waals surface area (Å²) in [5, 5.41) is 1.34. The highest BCUT2D eigenvalue weighted by Gasteiger charge is 2.49. The van der Waals surface area contributed by atoms with E-state index in [1.165, 1.54) is 0 Å². The number of aromatic nitrogens is 1. The molecule has 0 spiro atoms. The highest BCUT2D eigenvalue weighted by molar-refractivity contribution is 6.21. The second-order valence-corrected chi connectivity index (χ2v) is 6.02. The second-order valence-electron chi connectivity index (χ2n) is 5.49. The lowest BCUT2D eigenvalue weighted by Gasteiger charge is -2.48. The van der Waals surface area contributed by atoms with Gasteiger partial charge in [0, 0.05) is 34.9 Å². The second kappa shape index (κ2) is 4.13. The van der Waals surface area contributed by atoms with Crippen molar-refractivity contribution >= 4 is 22.5 Å². The molecule has 1 heterocycles. The van der Waals surface area contributed by atoms with Crippen LogP contribution in [0.1, 0.15) is 20.3 Å². The van der Waals surface area contributed by atoms with Crippen molar-refractivity contribution in [2.75, 3.05) is 0 Å². The van der Waals surface area contributed by atoms with E-state index in [0.717, 1.165) is 23.1 Å². The SMILES string of the molecule is CC1(C)C(Cl)CC1Oc1ccc2cccnc2c1. The normalized spacial score (nSPS) is 25.7. The third-order valence-electron chi connectivity index (χ3n) is 3.91. The molecule has 1 aromatic carbocycles. The lowest BCUT2D eigenvalue weighted by molar-refractivity contribution is -0.0129. The Bertz CT molecular complexity index is 581. The van der Waals surface area contributed by atoms with Crippen molar-refractivity contribution in [1.29, 1.82) is 0 Å². The number of ether oxygens (including phenoxy) is 1. The van der Waals surface area contributed by atoms with Gasteiger partial charge >= 0.3 is 0 Å². The van der Waals surface area contributed by atoms with Crippen LogP contribution in [0.15, 0.2) is 36.5 Å². The monoisotopic (exact) mass is 261 g/mol. The molecule has 1 aliphatic rings. The highest BCUT2D eigenvalue weighted by Crippen LogP contribution is 2.46. The maximum Gasteiger partial charge on any atom is 0.121 e. The fourth-order valence-electron chi connectivity index (χ4n) is 2.32. The molecular weight excluding hydrogens is 246 g/mol. The van der Waals surface area contributed by atoms with Gasteiger partial charge in [0.05, 0.1) is 5.52 Å². The van der Waals surface area contributed by atoms with Gasteiger partial charge in [0.25, 0.3) is 0 Å². The Morgan fingerprint density at radius 3 is 2.89 bits per heavy atom. The number of hydrogen-bond acceptors (Lipinski definition) is 2. The number of benzene rings is 1. The van der Waals surface area contributed by atoms with Crippen LogP contribution in [-0.2, 0) is 0 Å². The van der Waals surface area contributed by atoms with Crippen LogP contribution in [0.3, 0.4) is 0 Å². The van der Waals surface area contributed by atoms with E-state index in [4.69, 9.17) is 16.3 Å². The van der Waals surface area contributed by atoms with Crippen LogP contribution < -0.4 is 4.74 Å². The molecule has 2 nitrogen and oxygen atoms in total. The van der Waals surface area contributed by atoms with Crippen molar-refractivity contribution in [3.63, 3.8) is 0 Å². The fraction of sp³-hybridized carbons (Fsp3) is 0.400. The lowest BCUT2D eigenvalue weighted by Crippen LogP contribution is -2.53. The van der Waals surface area contributed by atoms with Gasteiger partial charge in [0.1, 0.15) is 11.9 Å². The molecule has 0 saturated heterocycles. The van der Waals surface area contributed by atoms with Crippen LogP contribution in [-0.4, -0.2) is 16.5 Å². The summed E-state index contributed by atoms with van der Waals surface area (Å²) in [6.45, 7) is 4.30. The van der Waals surface area contributed by atoms with E-state index >= 15 is 0 Å². The van der Waals surface area contributed by atoms with Gasteiger partial charge in [-0.1, -0.05) is 19.9 Å². The molecule has 1 saturated carbocycles. The van der Waals surface area contributed by atoms with E-state index in [-0.39, 0.29) is 16.9 Å². The summed E-state index contributed by atoms with van der Waals surface area (Å²) in [6.07, 6.45) is 2.91. The van der Waals surface area contributed by atoms with E-state index in [0.29, 0.717) is 0 Å². The number of fused-ring (bicyclic) bond motifs is 1. The van der Waals surface area contributed by atoms with Crippen LogP contribution >= 0.6 is 11.6 Å². The average molecular weight is 262 g/mol. The molecule has 18 heavy (non-hydrogen) atoms. The zero-order chi connectivity index (χ0) is 12.8. The van der Waals surface area contributed by atoms with Crippen molar-refractivity contribution in [2.24, 2.45) is 5.41 Å². The molecule has 2 aromatic rings. The smallest absolute Gasteiger partial charge is 0.121 e. The Morgan fingerprint density at radius 1 is 1.33 bits per heavy atom. The standard InChI is InChI=1S/C15H16ClNO/c1-15(2)13(16)9-14(15)18-11-6-5-10-4-3-7-17-12(10)8-11/h3-8,13-14H,9H2,1-2H3. The Morgan fingerprint density at radius 2 is 2.17 bits per heavy atom. The number of alkyl halides is 1. The number of pyridine rings is 1. The van der Waals surface area contributed by atoms with Gasteiger partial charge in [-0.05, 0) is 18.2 Å².